The number of methoxy groups -OCH3 is 1. The number of thioether (sulfide) groups is 1. The van der Waals surface area contributed by atoms with Crippen molar-refractivity contribution >= 4 is 57.9 Å². The molecule has 42 heavy (non-hydrogen) atoms. The number of non-ortho nitro benzene ring substituents is 1. The first kappa shape index (κ1) is 27.4. The Morgan fingerprint density at radius 2 is 1.67 bits per heavy atom. The van der Waals surface area contributed by atoms with Crippen molar-refractivity contribution in [2.45, 2.75) is 22.7 Å². The van der Waals surface area contributed by atoms with E-state index in [1.54, 1.807) is 31.4 Å². The van der Waals surface area contributed by atoms with Gasteiger partial charge in [-0.3, -0.25) is 33.9 Å². The average molecular weight is 603 g/mol. The molecule has 3 amide bonds. The maximum Gasteiger partial charge on any atom is 0.308 e. The van der Waals surface area contributed by atoms with Crippen LogP contribution in [0.1, 0.15) is 16.4 Å². The highest BCUT2D eigenvalue weighted by molar-refractivity contribution is 8.00. The molecule has 3 aromatic carbocycles. The Balaban J connectivity index is 1.36. The summed E-state index contributed by atoms with van der Waals surface area (Å²) in [5.41, 5.74) is 1.36. The molecule has 1 aromatic heterocycles. The third kappa shape index (κ3) is 4.76. The number of carbonyl (C=O) groups excluding carboxylic acids is 3. The lowest BCUT2D eigenvalue weighted by Gasteiger charge is -2.30. The second-order valence-corrected chi connectivity index (χ2v) is 11.8. The molecule has 6 rings (SSSR count). The Kier molecular flexibility index (Phi) is 7.12. The van der Waals surface area contributed by atoms with E-state index >= 15 is 0 Å². The van der Waals surface area contributed by atoms with Crippen molar-refractivity contribution in [3.05, 3.63) is 109 Å². The number of fused-ring (bicyclic) bond motifs is 2. The van der Waals surface area contributed by atoms with Crippen LogP contribution in [0, 0.1) is 16.0 Å². The van der Waals surface area contributed by atoms with Gasteiger partial charge >= 0.3 is 4.87 Å². The molecule has 0 spiro atoms. The fourth-order valence-electron chi connectivity index (χ4n) is 5.27. The van der Waals surface area contributed by atoms with E-state index in [0.29, 0.717) is 21.3 Å². The summed E-state index contributed by atoms with van der Waals surface area (Å²) in [6.45, 7) is -0.281. The second kappa shape index (κ2) is 10.9. The van der Waals surface area contributed by atoms with Crippen LogP contribution in [0.15, 0.2) is 88.7 Å². The van der Waals surface area contributed by atoms with Crippen molar-refractivity contribution < 1.29 is 24.0 Å². The van der Waals surface area contributed by atoms with E-state index in [-0.39, 0.29) is 22.8 Å². The number of nitrogens with zero attached hydrogens (tertiary/aromatic N) is 3. The first-order chi connectivity index (χ1) is 20.3. The zero-order valence-electron chi connectivity index (χ0n) is 22.0. The molecule has 1 N–H and O–H groups in total. The van der Waals surface area contributed by atoms with Gasteiger partial charge < -0.3 is 10.1 Å². The van der Waals surface area contributed by atoms with Gasteiger partial charge in [-0.25, -0.2) is 4.90 Å². The number of nitrogens with one attached hydrogen (secondary N) is 1. The van der Waals surface area contributed by atoms with Gasteiger partial charge in [-0.2, -0.15) is 0 Å². The molecule has 3 atom stereocenters. The number of carbonyl (C=O) groups is 3. The van der Waals surface area contributed by atoms with E-state index in [0.717, 1.165) is 33.6 Å². The molecule has 1 saturated heterocycles. The number of hydrogen-bond donors (Lipinski definition) is 1. The highest BCUT2D eigenvalue weighted by Gasteiger charge is 2.56. The number of anilines is 2. The summed E-state index contributed by atoms with van der Waals surface area (Å²) in [4.78, 5) is 65.8. The van der Waals surface area contributed by atoms with Crippen LogP contribution in [0.2, 0.25) is 0 Å². The van der Waals surface area contributed by atoms with E-state index in [2.05, 4.69) is 5.32 Å². The zero-order chi connectivity index (χ0) is 29.5. The molecule has 2 aliphatic heterocycles. The number of aromatic nitrogens is 1. The Labute approximate surface area is 246 Å². The first-order valence-electron chi connectivity index (χ1n) is 12.8. The topological polar surface area (TPSA) is 141 Å². The summed E-state index contributed by atoms with van der Waals surface area (Å²) in [6.07, 6.45) is 0. The first-order valence-corrected chi connectivity index (χ1v) is 14.5. The molecule has 2 aliphatic rings. The minimum Gasteiger partial charge on any atom is -0.497 e. The van der Waals surface area contributed by atoms with Crippen LogP contribution in [0.5, 0.6) is 5.75 Å². The van der Waals surface area contributed by atoms with Crippen LogP contribution in [-0.4, -0.2) is 39.6 Å². The molecule has 0 unspecified atom stereocenters. The SMILES string of the molecule is COc1ccc(NC(=O)Cn2c3c(sc2=O)[C@@H](c2ccccc2)[C@@H]2C(=O)N(c4ccc([N+](=O)[O-])cc4)C(=O)[C@@H]2S3)cc1. The molecule has 4 aromatic rings. The summed E-state index contributed by atoms with van der Waals surface area (Å²) in [6, 6.07) is 21.2. The Morgan fingerprint density at radius 3 is 2.31 bits per heavy atom. The van der Waals surface area contributed by atoms with Gasteiger partial charge in [-0.1, -0.05) is 53.4 Å². The lowest BCUT2D eigenvalue weighted by atomic mass is 9.83. The molecule has 3 heterocycles. The Morgan fingerprint density at radius 1 is 0.976 bits per heavy atom. The van der Waals surface area contributed by atoms with Crippen LogP contribution in [-0.2, 0) is 20.9 Å². The molecule has 0 radical (unpaired) electrons. The van der Waals surface area contributed by atoms with Gasteiger partial charge in [0.25, 0.3) is 5.69 Å². The van der Waals surface area contributed by atoms with Crippen LogP contribution < -0.4 is 19.8 Å². The average Bonchev–Trinajstić information content (AvgIpc) is 3.44. The molecule has 11 nitrogen and oxygen atoms in total. The van der Waals surface area contributed by atoms with Crippen molar-refractivity contribution in [1.82, 2.24) is 4.57 Å². The maximum atomic E-state index is 13.9. The fourth-order valence-corrected chi connectivity index (χ4v) is 8.04. The second-order valence-electron chi connectivity index (χ2n) is 9.64. The molecule has 0 saturated carbocycles. The van der Waals surface area contributed by atoms with Crippen molar-refractivity contribution in [3.63, 3.8) is 0 Å². The van der Waals surface area contributed by atoms with Gasteiger partial charge in [-0.15, -0.1) is 0 Å². The van der Waals surface area contributed by atoms with Gasteiger partial charge in [0.1, 0.15) is 17.5 Å². The summed E-state index contributed by atoms with van der Waals surface area (Å²) in [5, 5.41) is 13.5. The fraction of sp³-hybridized carbons (Fsp3) is 0.172. The van der Waals surface area contributed by atoms with E-state index in [4.69, 9.17) is 4.74 Å². The van der Waals surface area contributed by atoms with Crippen LogP contribution in [0.3, 0.4) is 0 Å². The Hall–Kier alpha value is -4.75. The number of amides is 3. The highest BCUT2D eigenvalue weighted by atomic mass is 32.2. The number of hydrogen-bond acceptors (Lipinski definition) is 9. The van der Waals surface area contributed by atoms with Crippen molar-refractivity contribution in [2.24, 2.45) is 5.92 Å². The normalized spacial score (nSPS) is 19.3. The van der Waals surface area contributed by atoms with Gasteiger partial charge in [0.2, 0.25) is 17.7 Å². The van der Waals surface area contributed by atoms with Gasteiger partial charge in [0, 0.05) is 28.6 Å². The summed E-state index contributed by atoms with van der Waals surface area (Å²) in [7, 11) is 1.54. The van der Waals surface area contributed by atoms with Crippen LogP contribution in [0.25, 0.3) is 0 Å². The maximum absolute atomic E-state index is 13.9. The summed E-state index contributed by atoms with van der Waals surface area (Å²) >= 11 is 2.06. The summed E-state index contributed by atoms with van der Waals surface area (Å²) in [5.74, 6) is -2.14. The van der Waals surface area contributed by atoms with E-state index in [1.807, 2.05) is 30.3 Å². The number of imide groups is 1. The monoisotopic (exact) mass is 602 g/mol. The molecular formula is C29H22N4O7S2. The molecular weight excluding hydrogens is 580 g/mol. The predicted octanol–water partition coefficient (Wildman–Crippen LogP) is 4.26. The highest BCUT2D eigenvalue weighted by Crippen LogP contribution is 2.53. The zero-order valence-corrected chi connectivity index (χ0v) is 23.6. The van der Waals surface area contributed by atoms with E-state index in [1.165, 1.54) is 28.8 Å². The Bertz CT molecular complexity index is 1770. The summed E-state index contributed by atoms with van der Waals surface area (Å²) < 4.78 is 6.49. The standard InChI is InChI=1S/C29H22N4O7S2/c1-40-20-13-7-17(8-14-20)30-21(34)15-31-28-25(42-29(31)37)22(16-5-3-2-4-6-16)23-24(41-28)27(36)32(26(23)35)18-9-11-19(12-10-18)33(38)39/h2-14,22-24H,15H2,1H3,(H,30,34)/t22-,23-,24+/m0/s1. The van der Waals surface area contributed by atoms with E-state index < -0.39 is 39.7 Å². The van der Waals surface area contributed by atoms with Crippen LogP contribution >= 0.6 is 23.1 Å². The number of benzene rings is 3. The molecule has 212 valence electrons. The third-order valence-corrected chi connectivity index (χ3v) is 9.81. The minimum absolute atomic E-state index is 0.161. The van der Waals surface area contributed by atoms with Crippen molar-refractivity contribution in [2.75, 3.05) is 17.3 Å². The smallest absolute Gasteiger partial charge is 0.308 e. The molecule has 1 fully saturated rings. The van der Waals surface area contributed by atoms with Crippen molar-refractivity contribution in [3.8, 4) is 5.75 Å². The van der Waals surface area contributed by atoms with E-state index in [9.17, 15) is 29.3 Å². The van der Waals surface area contributed by atoms with Gasteiger partial charge in [-0.05, 0) is 42.0 Å². The van der Waals surface area contributed by atoms with Crippen LogP contribution in [0.4, 0.5) is 17.1 Å². The number of rotatable bonds is 7. The quantitative estimate of drug-likeness (QED) is 0.188. The van der Waals surface area contributed by atoms with Gasteiger partial charge in [0.05, 0.1) is 28.7 Å². The number of ether oxygens (including phenoxy) is 1. The molecule has 13 heteroatoms. The number of nitro benzene ring substituents is 1. The lowest BCUT2D eigenvalue weighted by molar-refractivity contribution is -0.384. The van der Waals surface area contributed by atoms with Gasteiger partial charge in [0.15, 0.2) is 0 Å². The lowest BCUT2D eigenvalue weighted by Crippen LogP contribution is -2.33. The number of thiazole rings is 1. The third-order valence-electron chi connectivity index (χ3n) is 7.20. The molecule has 0 bridgehead atoms. The molecule has 0 aliphatic carbocycles. The van der Waals surface area contributed by atoms with Crippen molar-refractivity contribution in [1.29, 1.82) is 0 Å². The minimum atomic E-state index is -0.865. The predicted molar refractivity (Wildman–Crippen MR) is 157 cm³/mol. The largest absolute Gasteiger partial charge is 0.497 e. The number of nitro groups is 1.